The van der Waals surface area contributed by atoms with E-state index in [1.165, 1.54) is 0 Å². The lowest BCUT2D eigenvalue weighted by Crippen LogP contribution is -2.34. The Morgan fingerprint density at radius 2 is 1.81 bits per heavy atom. The number of carbonyl (C=O) groups is 2. The summed E-state index contributed by atoms with van der Waals surface area (Å²) in [7, 11) is 0. The van der Waals surface area contributed by atoms with Crippen LogP contribution in [-0.4, -0.2) is 18.4 Å². The van der Waals surface area contributed by atoms with Crippen molar-refractivity contribution < 1.29 is 22.8 Å². The summed E-state index contributed by atoms with van der Waals surface area (Å²) >= 11 is 0. The highest BCUT2D eigenvalue weighted by Crippen LogP contribution is 2.30. The van der Waals surface area contributed by atoms with Crippen LogP contribution < -0.4 is 10.2 Å². The van der Waals surface area contributed by atoms with Gasteiger partial charge in [0.05, 0.1) is 17.6 Å². The fraction of sp³-hybridized carbons (Fsp3) is 0.263. The Labute approximate surface area is 148 Å². The van der Waals surface area contributed by atoms with Crippen LogP contribution in [0.5, 0.6) is 0 Å². The first kappa shape index (κ1) is 18.0. The summed E-state index contributed by atoms with van der Waals surface area (Å²) < 4.78 is 40.4. The molecule has 0 saturated carbocycles. The first-order chi connectivity index (χ1) is 12.4. The molecule has 1 N–H and O–H groups in total. The van der Waals surface area contributed by atoms with Gasteiger partial charge in [0.15, 0.2) is 17.5 Å². The minimum Gasteiger partial charge on any atom is -0.349 e. The van der Waals surface area contributed by atoms with Crippen molar-refractivity contribution >= 4 is 17.5 Å². The van der Waals surface area contributed by atoms with E-state index < -0.39 is 29.3 Å². The third-order valence-electron chi connectivity index (χ3n) is 4.46. The van der Waals surface area contributed by atoms with Gasteiger partial charge < -0.3 is 10.2 Å². The Morgan fingerprint density at radius 1 is 1.12 bits per heavy atom. The number of nitrogens with zero attached hydrogens (tertiary/aromatic N) is 1. The SMILES string of the molecule is CC(NC(=O)C1CC(=O)N(c2ccc(F)c(F)c2F)C1)c1ccccc1. The Kier molecular flexibility index (Phi) is 4.97. The van der Waals surface area contributed by atoms with E-state index in [-0.39, 0.29) is 30.6 Å². The van der Waals surface area contributed by atoms with Crippen molar-refractivity contribution in [1.29, 1.82) is 0 Å². The molecule has 2 aromatic carbocycles. The topological polar surface area (TPSA) is 49.4 Å². The fourth-order valence-electron chi connectivity index (χ4n) is 3.00. The number of hydrogen-bond donors (Lipinski definition) is 1. The number of anilines is 1. The molecule has 1 aliphatic rings. The maximum Gasteiger partial charge on any atom is 0.227 e. The fourth-order valence-corrected chi connectivity index (χ4v) is 3.00. The van der Waals surface area contributed by atoms with Gasteiger partial charge in [-0.15, -0.1) is 0 Å². The molecule has 0 aromatic heterocycles. The van der Waals surface area contributed by atoms with Crippen LogP contribution in [0, 0.1) is 23.4 Å². The maximum atomic E-state index is 13.9. The van der Waals surface area contributed by atoms with Crippen molar-refractivity contribution in [2.75, 3.05) is 11.4 Å². The first-order valence-electron chi connectivity index (χ1n) is 8.17. The van der Waals surface area contributed by atoms with Crippen LogP contribution in [0.3, 0.4) is 0 Å². The number of rotatable bonds is 4. The molecule has 0 radical (unpaired) electrons. The minimum absolute atomic E-state index is 0.0891. The lowest BCUT2D eigenvalue weighted by molar-refractivity contribution is -0.126. The number of hydrogen-bond acceptors (Lipinski definition) is 2. The van der Waals surface area contributed by atoms with E-state index in [4.69, 9.17) is 0 Å². The Bertz CT molecular complexity index is 842. The molecule has 0 spiro atoms. The van der Waals surface area contributed by atoms with Crippen molar-refractivity contribution in [3.8, 4) is 0 Å². The van der Waals surface area contributed by atoms with Gasteiger partial charge in [0.25, 0.3) is 0 Å². The molecule has 0 aliphatic carbocycles. The third kappa shape index (κ3) is 3.42. The highest BCUT2D eigenvalue weighted by Gasteiger charge is 2.37. The van der Waals surface area contributed by atoms with Crippen LogP contribution in [-0.2, 0) is 9.59 Å². The number of carbonyl (C=O) groups excluding carboxylic acids is 2. The number of nitrogens with one attached hydrogen (secondary N) is 1. The average molecular weight is 362 g/mol. The van der Waals surface area contributed by atoms with E-state index in [0.717, 1.165) is 22.6 Å². The van der Waals surface area contributed by atoms with Gasteiger partial charge in [-0.2, -0.15) is 0 Å². The van der Waals surface area contributed by atoms with E-state index >= 15 is 0 Å². The normalized spacial score (nSPS) is 18.1. The molecule has 0 bridgehead atoms. The summed E-state index contributed by atoms with van der Waals surface area (Å²) in [5.74, 6) is -5.95. The van der Waals surface area contributed by atoms with Gasteiger partial charge in [0.2, 0.25) is 11.8 Å². The minimum atomic E-state index is -1.64. The number of benzene rings is 2. The first-order valence-corrected chi connectivity index (χ1v) is 8.17. The van der Waals surface area contributed by atoms with Gasteiger partial charge >= 0.3 is 0 Å². The zero-order valence-electron chi connectivity index (χ0n) is 14.0. The Balaban J connectivity index is 1.71. The molecule has 3 rings (SSSR count). The second-order valence-corrected chi connectivity index (χ2v) is 6.24. The van der Waals surface area contributed by atoms with Crippen LogP contribution in [0.25, 0.3) is 0 Å². The predicted octanol–water partition coefficient (Wildman–Crippen LogP) is 3.33. The van der Waals surface area contributed by atoms with E-state index in [9.17, 15) is 22.8 Å². The summed E-state index contributed by atoms with van der Waals surface area (Å²) in [6, 6.07) is 10.8. The molecule has 2 aromatic rings. The van der Waals surface area contributed by atoms with Gasteiger partial charge in [0, 0.05) is 13.0 Å². The number of halogens is 3. The zero-order valence-corrected chi connectivity index (χ0v) is 14.0. The molecular formula is C19H17F3N2O2. The summed E-state index contributed by atoms with van der Waals surface area (Å²) in [6.07, 6.45) is -0.119. The summed E-state index contributed by atoms with van der Waals surface area (Å²) in [6.45, 7) is 1.73. The van der Waals surface area contributed by atoms with Crippen LogP contribution in [0.15, 0.2) is 42.5 Å². The standard InChI is InChI=1S/C19H17F3N2O2/c1-11(12-5-3-2-4-6-12)23-19(26)13-9-16(25)24(10-13)15-8-7-14(20)17(21)18(15)22/h2-8,11,13H,9-10H2,1H3,(H,23,26). The number of amides is 2. The van der Waals surface area contributed by atoms with Crippen molar-refractivity contribution in [3.05, 3.63) is 65.5 Å². The molecule has 1 heterocycles. The van der Waals surface area contributed by atoms with Gasteiger partial charge in [-0.05, 0) is 24.6 Å². The molecular weight excluding hydrogens is 345 g/mol. The monoisotopic (exact) mass is 362 g/mol. The predicted molar refractivity (Wildman–Crippen MR) is 89.8 cm³/mol. The molecule has 1 aliphatic heterocycles. The highest BCUT2D eigenvalue weighted by molar-refractivity contribution is 6.00. The molecule has 136 valence electrons. The lowest BCUT2D eigenvalue weighted by atomic mass is 10.1. The molecule has 1 fully saturated rings. The second kappa shape index (κ2) is 7.19. The molecule has 1 saturated heterocycles. The van der Waals surface area contributed by atoms with Gasteiger partial charge in [-0.1, -0.05) is 30.3 Å². The van der Waals surface area contributed by atoms with E-state index in [0.29, 0.717) is 0 Å². The Hall–Kier alpha value is -2.83. The highest BCUT2D eigenvalue weighted by atomic mass is 19.2. The summed E-state index contributed by atoms with van der Waals surface area (Å²) in [5.41, 5.74) is 0.550. The van der Waals surface area contributed by atoms with Gasteiger partial charge in [0.1, 0.15) is 0 Å². The molecule has 4 nitrogen and oxygen atoms in total. The quantitative estimate of drug-likeness (QED) is 0.848. The molecule has 7 heteroatoms. The van der Waals surface area contributed by atoms with Crippen LogP contribution in [0.1, 0.15) is 24.9 Å². The van der Waals surface area contributed by atoms with E-state index in [1.54, 1.807) is 0 Å². The Morgan fingerprint density at radius 3 is 2.50 bits per heavy atom. The van der Waals surface area contributed by atoms with Crippen LogP contribution in [0.4, 0.5) is 18.9 Å². The van der Waals surface area contributed by atoms with E-state index in [1.807, 2.05) is 37.3 Å². The van der Waals surface area contributed by atoms with Crippen molar-refractivity contribution in [2.45, 2.75) is 19.4 Å². The summed E-state index contributed by atoms with van der Waals surface area (Å²) in [4.78, 5) is 25.6. The van der Waals surface area contributed by atoms with Crippen LogP contribution in [0.2, 0.25) is 0 Å². The molecule has 26 heavy (non-hydrogen) atoms. The van der Waals surface area contributed by atoms with Gasteiger partial charge in [-0.3, -0.25) is 9.59 Å². The summed E-state index contributed by atoms with van der Waals surface area (Å²) in [5, 5.41) is 2.82. The van der Waals surface area contributed by atoms with Crippen LogP contribution >= 0.6 is 0 Å². The smallest absolute Gasteiger partial charge is 0.227 e. The van der Waals surface area contributed by atoms with E-state index in [2.05, 4.69) is 5.32 Å². The molecule has 2 amide bonds. The van der Waals surface area contributed by atoms with Crippen molar-refractivity contribution in [2.24, 2.45) is 5.92 Å². The van der Waals surface area contributed by atoms with Crippen molar-refractivity contribution in [3.63, 3.8) is 0 Å². The maximum absolute atomic E-state index is 13.9. The van der Waals surface area contributed by atoms with Gasteiger partial charge in [-0.25, -0.2) is 13.2 Å². The average Bonchev–Trinajstić information content (AvgIpc) is 3.02. The largest absolute Gasteiger partial charge is 0.349 e. The molecule has 2 unspecified atom stereocenters. The second-order valence-electron chi connectivity index (χ2n) is 6.24. The molecule has 2 atom stereocenters. The third-order valence-corrected chi connectivity index (χ3v) is 4.46. The lowest BCUT2D eigenvalue weighted by Gasteiger charge is -2.19. The van der Waals surface area contributed by atoms with Crippen molar-refractivity contribution in [1.82, 2.24) is 5.32 Å². The zero-order chi connectivity index (χ0) is 18.8.